The summed E-state index contributed by atoms with van der Waals surface area (Å²) in [7, 11) is 3.25. The molecule has 2 unspecified atom stereocenters. The maximum Gasteiger partial charge on any atom is 0.163 e. The first-order chi connectivity index (χ1) is 17.4. The quantitative estimate of drug-likeness (QED) is 0.347. The zero-order valence-corrected chi connectivity index (χ0v) is 19.5. The molecule has 0 radical (unpaired) electrons. The molecule has 0 aliphatic rings. The Morgan fingerprint density at radius 1 is 1.11 bits per heavy atom. The number of nitrogens with two attached hydrogens (primary N) is 1. The fraction of sp³-hybridized carbons (Fsp3) is 0.148. The molecule has 5 rings (SSSR count). The van der Waals surface area contributed by atoms with Crippen LogP contribution >= 0.6 is 0 Å². The number of aryl methyl sites for hydroxylation is 1. The van der Waals surface area contributed by atoms with E-state index in [-0.39, 0.29) is 11.1 Å². The molecule has 3 N–H and O–H groups in total. The summed E-state index contributed by atoms with van der Waals surface area (Å²) in [5, 5.41) is 25.2. The number of nitrogens with zero attached hydrogens (tertiary/aromatic N) is 4. The van der Waals surface area contributed by atoms with Crippen LogP contribution in [-0.4, -0.2) is 33.2 Å². The Labute approximate surface area is 205 Å². The van der Waals surface area contributed by atoms with Gasteiger partial charge in [-0.15, -0.1) is 0 Å². The molecule has 0 bridgehead atoms. The van der Waals surface area contributed by atoms with Crippen LogP contribution in [0.5, 0.6) is 11.5 Å². The van der Waals surface area contributed by atoms with Gasteiger partial charge in [-0.05, 0) is 29.8 Å². The summed E-state index contributed by atoms with van der Waals surface area (Å²) in [4.78, 5) is 4.54. The van der Waals surface area contributed by atoms with Gasteiger partial charge in [0.1, 0.15) is 17.7 Å². The standard InChI is InChI=1S/C27H22FN5O3/c1-33-21-14-31-20-12-22(35-2)23(36-26(27(30)34)16-6-4-3-5-7-16)11-18(20)24(21)25(32-33)17-9-8-15(13-29)10-19(17)28/h3-12,14,26-27,34H,30H2,1-2H3. The van der Waals surface area contributed by atoms with Gasteiger partial charge >= 0.3 is 0 Å². The van der Waals surface area contributed by atoms with Crippen molar-refractivity contribution in [2.24, 2.45) is 12.8 Å². The summed E-state index contributed by atoms with van der Waals surface area (Å²) < 4.78 is 28.4. The van der Waals surface area contributed by atoms with Crippen LogP contribution < -0.4 is 15.2 Å². The molecule has 0 aliphatic carbocycles. The van der Waals surface area contributed by atoms with Crippen LogP contribution in [0.3, 0.4) is 0 Å². The number of rotatable bonds is 6. The largest absolute Gasteiger partial charge is 0.493 e. The number of nitriles is 1. The Balaban J connectivity index is 1.73. The lowest BCUT2D eigenvalue weighted by Crippen LogP contribution is -2.31. The summed E-state index contributed by atoms with van der Waals surface area (Å²) in [6.07, 6.45) is -0.510. The van der Waals surface area contributed by atoms with Crippen LogP contribution in [0.2, 0.25) is 0 Å². The number of ether oxygens (including phenoxy) is 2. The van der Waals surface area contributed by atoms with E-state index in [2.05, 4.69) is 10.1 Å². The molecule has 8 nitrogen and oxygen atoms in total. The van der Waals surface area contributed by atoms with Crippen LogP contribution in [0.1, 0.15) is 17.2 Å². The molecule has 2 atom stereocenters. The van der Waals surface area contributed by atoms with Crippen LogP contribution in [0.15, 0.2) is 66.9 Å². The fourth-order valence-corrected chi connectivity index (χ4v) is 4.27. The first-order valence-electron chi connectivity index (χ1n) is 11.1. The number of hydrogen-bond donors (Lipinski definition) is 2. The summed E-state index contributed by atoms with van der Waals surface area (Å²) in [5.74, 6) is 0.165. The van der Waals surface area contributed by atoms with E-state index in [1.165, 1.54) is 13.2 Å². The number of aliphatic hydroxyl groups is 1. The second kappa shape index (κ2) is 9.26. The Hall–Kier alpha value is -4.52. The lowest BCUT2D eigenvalue weighted by Gasteiger charge is -2.23. The van der Waals surface area contributed by atoms with Crippen molar-refractivity contribution >= 4 is 21.8 Å². The van der Waals surface area contributed by atoms with Crippen molar-refractivity contribution in [3.8, 4) is 28.8 Å². The molecular weight excluding hydrogens is 461 g/mol. The molecule has 0 aliphatic heterocycles. The van der Waals surface area contributed by atoms with Gasteiger partial charge in [0.2, 0.25) is 0 Å². The van der Waals surface area contributed by atoms with E-state index < -0.39 is 18.1 Å². The van der Waals surface area contributed by atoms with E-state index in [4.69, 9.17) is 20.5 Å². The lowest BCUT2D eigenvalue weighted by atomic mass is 10.0. The van der Waals surface area contributed by atoms with E-state index >= 15 is 4.39 Å². The summed E-state index contributed by atoms with van der Waals surface area (Å²) in [6.45, 7) is 0. The highest BCUT2D eigenvalue weighted by Gasteiger charge is 2.24. The molecule has 2 aromatic heterocycles. The van der Waals surface area contributed by atoms with Crippen molar-refractivity contribution in [2.75, 3.05) is 7.11 Å². The average Bonchev–Trinajstić information content (AvgIpc) is 3.23. The van der Waals surface area contributed by atoms with Gasteiger partial charge in [0.05, 0.1) is 36.0 Å². The predicted octanol–water partition coefficient (Wildman–Crippen LogP) is 4.21. The van der Waals surface area contributed by atoms with Crippen molar-refractivity contribution in [2.45, 2.75) is 12.3 Å². The van der Waals surface area contributed by atoms with Gasteiger partial charge < -0.3 is 20.3 Å². The van der Waals surface area contributed by atoms with Gasteiger partial charge in [-0.2, -0.15) is 10.4 Å². The van der Waals surface area contributed by atoms with Gasteiger partial charge in [-0.1, -0.05) is 30.3 Å². The van der Waals surface area contributed by atoms with Gasteiger partial charge in [0.25, 0.3) is 0 Å². The first-order valence-corrected chi connectivity index (χ1v) is 11.1. The van der Waals surface area contributed by atoms with Gasteiger partial charge in [-0.3, -0.25) is 9.67 Å². The topological polar surface area (TPSA) is 119 Å². The van der Waals surface area contributed by atoms with Crippen molar-refractivity contribution in [3.63, 3.8) is 0 Å². The maximum atomic E-state index is 15.0. The normalized spacial score (nSPS) is 12.9. The summed E-state index contributed by atoms with van der Waals surface area (Å²) in [5.41, 5.74) is 8.67. The average molecular weight is 484 g/mol. The number of aliphatic hydroxyl groups excluding tert-OH is 1. The molecule has 5 aromatic rings. The Bertz CT molecular complexity index is 1630. The minimum absolute atomic E-state index is 0.218. The molecule has 9 heteroatoms. The Morgan fingerprint density at radius 3 is 2.56 bits per heavy atom. The van der Waals surface area contributed by atoms with E-state index in [0.29, 0.717) is 44.6 Å². The number of fused-ring (bicyclic) bond motifs is 3. The van der Waals surface area contributed by atoms with E-state index in [9.17, 15) is 5.11 Å². The molecule has 36 heavy (non-hydrogen) atoms. The van der Waals surface area contributed by atoms with Crippen molar-refractivity contribution in [1.82, 2.24) is 14.8 Å². The van der Waals surface area contributed by atoms with Crippen molar-refractivity contribution in [1.29, 1.82) is 5.26 Å². The van der Waals surface area contributed by atoms with Crippen LogP contribution in [0.25, 0.3) is 33.1 Å². The van der Waals surface area contributed by atoms with Gasteiger partial charge in [0.15, 0.2) is 17.6 Å². The first kappa shape index (κ1) is 23.2. The number of methoxy groups -OCH3 is 1. The third kappa shape index (κ3) is 3.98. The van der Waals surface area contributed by atoms with Crippen LogP contribution in [0.4, 0.5) is 4.39 Å². The summed E-state index contributed by atoms with van der Waals surface area (Å²) in [6, 6.07) is 18.8. The molecule has 3 aromatic carbocycles. The van der Waals surface area contributed by atoms with Crippen LogP contribution in [0, 0.1) is 17.1 Å². The zero-order valence-electron chi connectivity index (χ0n) is 19.5. The highest BCUT2D eigenvalue weighted by atomic mass is 19.1. The molecule has 0 saturated carbocycles. The van der Waals surface area contributed by atoms with Gasteiger partial charge in [-0.25, -0.2) is 4.39 Å². The molecule has 0 fully saturated rings. The minimum Gasteiger partial charge on any atom is -0.493 e. The molecule has 2 heterocycles. The van der Waals surface area contributed by atoms with Crippen LogP contribution in [-0.2, 0) is 7.05 Å². The second-order valence-corrected chi connectivity index (χ2v) is 8.26. The molecular formula is C27H22FN5O3. The smallest absolute Gasteiger partial charge is 0.163 e. The third-order valence-corrected chi connectivity index (χ3v) is 6.01. The zero-order chi connectivity index (χ0) is 25.4. The SMILES string of the molecule is COc1cc2ncc3c(c(-c4ccc(C#N)cc4F)nn3C)c2cc1OC(c1ccccc1)C(N)O. The molecule has 0 amide bonds. The van der Waals surface area contributed by atoms with Crippen molar-refractivity contribution < 1.29 is 19.0 Å². The van der Waals surface area contributed by atoms with E-state index in [1.54, 1.807) is 54.3 Å². The number of benzene rings is 3. The lowest BCUT2D eigenvalue weighted by molar-refractivity contribution is 0.0384. The monoisotopic (exact) mass is 483 g/mol. The minimum atomic E-state index is -1.30. The van der Waals surface area contributed by atoms with Gasteiger partial charge in [0, 0.05) is 29.4 Å². The predicted molar refractivity (Wildman–Crippen MR) is 133 cm³/mol. The number of hydrogen-bond acceptors (Lipinski definition) is 7. The van der Waals surface area contributed by atoms with E-state index in [0.717, 1.165) is 0 Å². The van der Waals surface area contributed by atoms with Crippen molar-refractivity contribution in [3.05, 3.63) is 83.8 Å². The number of aromatic nitrogens is 3. The summed E-state index contributed by atoms with van der Waals surface area (Å²) >= 11 is 0. The van der Waals surface area contributed by atoms with E-state index in [1.807, 2.05) is 24.3 Å². The second-order valence-electron chi connectivity index (χ2n) is 8.26. The highest BCUT2D eigenvalue weighted by molar-refractivity contribution is 6.12. The fourth-order valence-electron chi connectivity index (χ4n) is 4.27. The maximum absolute atomic E-state index is 15.0. The number of pyridine rings is 1. The Morgan fingerprint density at radius 2 is 1.89 bits per heavy atom. The molecule has 0 saturated heterocycles. The number of halogens is 1. The third-order valence-electron chi connectivity index (χ3n) is 6.01. The molecule has 0 spiro atoms. The molecule has 180 valence electrons. The Kier molecular flexibility index (Phi) is 5.98. The highest BCUT2D eigenvalue weighted by Crippen LogP contribution is 2.40.